The standard InChI is InChI=1S/C9H11N3S/c1-7(2)6-13-9-11-4-3-8(5-10)12-9/h3-4,7H,6H2,1-2H3. The van der Waals surface area contributed by atoms with Gasteiger partial charge in [-0.05, 0) is 12.0 Å². The Morgan fingerprint density at radius 2 is 2.38 bits per heavy atom. The van der Waals surface area contributed by atoms with E-state index in [0.29, 0.717) is 16.8 Å². The second-order valence-corrected chi connectivity index (χ2v) is 4.03. The van der Waals surface area contributed by atoms with E-state index in [9.17, 15) is 0 Å². The van der Waals surface area contributed by atoms with Crippen molar-refractivity contribution >= 4 is 11.8 Å². The van der Waals surface area contributed by atoms with Crippen molar-refractivity contribution in [2.75, 3.05) is 5.75 Å². The lowest BCUT2D eigenvalue weighted by Gasteiger charge is -2.01. The Kier molecular flexibility index (Phi) is 3.71. The summed E-state index contributed by atoms with van der Waals surface area (Å²) in [5, 5.41) is 9.28. The van der Waals surface area contributed by atoms with Crippen molar-refractivity contribution < 1.29 is 0 Å². The molecule has 1 aromatic rings. The molecule has 3 nitrogen and oxygen atoms in total. The molecule has 4 heteroatoms. The molecular formula is C9H11N3S. The SMILES string of the molecule is CC(C)CSc1nccc(C#N)n1. The van der Waals surface area contributed by atoms with Gasteiger partial charge in [-0.3, -0.25) is 0 Å². The summed E-state index contributed by atoms with van der Waals surface area (Å²) in [6.07, 6.45) is 1.62. The van der Waals surface area contributed by atoms with Crippen LogP contribution in [-0.4, -0.2) is 15.7 Å². The number of rotatable bonds is 3. The Labute approximate surface area is 82.2 Å². The Balaban J connectivity index is 2.63. The molecular weight excluding hydrogens is 182 g/mol. The molecule has 0 spiro atoms. The summed E-state index contributed by atoms with van der Waals surface area (Å²) in [5.74, 6) is 1.59. The Morgan fingerprint density at radius 3 is 3.00 bits per heavy atom. The number of nitrogens with zero attached hydrogens (tertiary/aromatic N) is 3. The quantitative estimate of drug-likeness (QED) is 0.545. The smallest absolute Gasteiger partial charge is 0.188 e. The van der Waals surface area contributed by atoms with Crippen molar-refractivity contribution in [1.29, 1.82) is 5.26 Å². The van der Waals surface area contributed by atoms with Gasteiger partial charge in [-0.1, -0.05) is 25.6 Å². The Morgan fingerprint density at radius 1 is 1.62 bits per heavy atom. The van der Waals surface area contributed by atoms with Gasteiger partial charge in [0.15, 0.2) is 5.16 Å². The summed E-state index contributed by atoms with van der Waals surface area (Å²) in [4.78, 5) is 8.11. The first-order valence-electron chi connectivity index (χ1n) is 4.08. The zero-order valence-corrected chi connectivity index (χ0v) is 8.51. The fraction of sp³-hybridized carbons (Fsp3) is 0.444. The third kappa shape index (κ3) is 3.43. The average molecular weight is 193 g/mol. The lowest BCUT2D eigenvalue weighted by molar-refractivity contribution is 0.747. The van der Waals surface area contributed by atoms with Crippen molar-refractivity contribution in [2.45, 2.75) is 19.0 Å². The van der Waals surface area contributed by atoms with E-state index in [-0.39, 0.29) is 0 Å². The van der Waals surface area contributed by atoms with E-state index < -0.39 is 0 Å². The monoisotopic (exact) mass is 193 g/mol. The van der Waals surface area contributed by atoms with Crippen LogP contribution in [0, 0.1) is 17.2 Å². The van der Waals surface area contributed by atoms with E-state index >= 15 is 0 Å². The minimum Gasteiger partial charge on any atom is -0.231 e. The van der Waals surface area contributed by atoms with Crippen molar-refractivity contribution in [1.82, 2.24) is 9.97 Å². The molecule has 0 N–H and O–H groups in total. The van der Waals surface area contributed by atoms with Crippen LogP contribution in [0.15, 0.2) is 17.4 Å². The first kappa shape index (κ1) is 10.0. The van der Waals surface area contributed by atoms with Crippen LogP contribution >= 0.6 is 11.8 Å². The fourth-order valence-corrected chi connectivity index (χ4v) is 1.49. The van der Waals surface area contributed by atoms with Crippen molar-refractivity contribution in [3.05, 3.63) is 18.0 Å². The average Bonchev–Trinajstić information content (AvgIpc) is 2.15. The van der Waals surface area contributed by atoms with Crippen molar-refractivity contribution in [3.63, 3.8) is 0 Å². The van der Waals surface area contributed by atoms with Crippen LogP contribution in [-0.2, 0) is 0 Å². The van der Waals surface area contributed by atoms with Crippen molar-refractivity contribution in [2.24, 2.45) is 5.92 Å². The second-order valence-electron chi connectivity index (χ2n) is 3.04. The van der Waals surface area contributed by atoms with Gasteiger partial charge in [-0.2, -0.15) is 5.26 Å². The molecule has 0 radical (unpaired) electrons. The molecule has 1 rings (SSSR count). The normalized spacial score (nSPS) is 10.0. The minimum atomic E-state index is 0.432. The largest absolute Gasteiger partial charge is 0.231 e. The number of nitriles is 1. The predicted octanol–water partition coefficient (Wildman–Crippen LogP) is 2.10. The fourth-order valence-electron chi connectivity index (χ4n) is 0.714. The number of aromatic nitrogens is 2. The van der Waals surface area contributed by atoms with E-state index in [2.05, 4.69) is 23.8 Å². The highest BCUT2D eigenvalue weighted by Gasteiger charge is 2.00. The number of hydrogen-bond acceptors (Lipinski definition) is 4. The first-order chi connectivity index (χ1) is 6.22. The summed E-state index contributed by atoms with van der Waals surface area (Å²) >= 11 is 1.58. The highest BCUT2D eigenvalue weighted by Crippen LogP contribution is 2.15. The molecule has 1 aromatic heterocycles. The second kappa shape index (κ2) is 4.83. The highest BCUT2D eigenvalue weighted by atomic mass is 32.2. The van der Waals surface area contributed by atoms with E-state index in [1.807, 2.05) is 6.07 Å². The van der Waals surface area contributed by atoms with E-state index in [1.54, 1.807) is 24.0 Å². The summed E-state index contributed by atoms with van der Waals surface area (Å²) in [7, 11) is 0. The van der Waals surface area contributed by atoms with E-state index in [0.717, 1.165) is 5.75 Å². The van der Waals surface area contributed by atoms with E-state index in [4.69, 9.17) is 5.26 Å². The predicted molar refractivity (Wildman–Crippen MR) is 52.3 cm³/mol. The van der Waals surface area contributed by atoms with Gasteiger partial charge >= 0.3 is 0 Å². The van der Waals surface area contributed by atoms with Gasteiger partial charge in [0.05, 0.1) is 0 Å². The molecule has 68 valence electrons. The van der Waals surface area contributed by atoms with Gasteiger partial charge in [0.2, 0.25) is 0 Å². The van der Waals surface area contributed by atoms with Gasteiger partial charge in [-0.15, -0.1) is 0 Å². The minimum absolute atomic E-state index is 0.432. The lowest BCUT2D eigenvalue weighted by atomic mass is 10.3. The van der Waals surface area contributed by atoms with Crippen LogP contribution in [0.5, 0.6) is 0 Å². The Hall–Kier alpha value is -1.08. The van der Waals surface area contributed by atoms with Crippen molar-refractivity contribution in [3.8, 4) is 6.07 Å². The molecule has 0 unspecified atom stereocenters. The molecule has 0 aliphatic rings. The van der Waals surface area contributed by atoms with Crippen LogP contribution in [0.4, 0.5) is 0 Å². The van der Waals surface area contributed by atoms with Gasteiger partial charge in [-0.25, -0.2) is 9.97 Å². The number of thioether (sulfide) groups is 1. The zero-order valence-electron chi connectivity index (χ0n) is 7.69. The van der Waals surface area contributed by atoms with E-state index in [1.165, 1.54) is 0 Å². The summed E-state index contributed by atoms with van der Waals surface area (Å²) < 4.78 is 0. The maximum absolute atomic E-state index is 8.59. The molecule has 0 aliphatic heterocycles. The van der Waals surface area contributed by atoms with Gasteiger partial charge in [0, 0.05) is 11.9 Å². The van der Waals surface area contributed by atoms with Crippen LogP contribution in [0.2, 0.25) is 0 Å². The molecule has 0 bridgehead atoms. The molecule has 0 aliphatic carbocycles. The third-order valence-corrected chi connectivity index (χ3v) is 2.58. The lowest BCUT2D eigenvalue weighted by Crippen LogP contribution is -1.94. The number of hydrogen-bond donors (Lipinski definition) is 0. The van der Waals surface area contributed by atoms with Gasteiger partial charge in [0.1, 0.15) is 11.8 Å². The van der Waals surface area contributed by atoms with Crippen LogP contribution in [0.25, 0.3) is 0 Å². The molecule has 0 atom stereocenters. The maximum Gasteiger partial charge on any atom is 0.188 e. The molecule has 0 fully saturated rings. The molecule has 1 heterocycles. The Bertz CT molecular complexity index is 317. The summed E-state index contributed by atoms with van der Waals surface area (Å²) in [6.45, 7) is 4.28. The molecule has 0 amide bonds. The van der Waals surface area contributed by atoms with Crippen LogP contribution < -0.4 is 0 Å². The topological polar surface area (TPSA) is 49.6 Å². The summed E-state index contributed by atoms with van der Waals surface area (Å²) in [5.41, 5.74) is 0.432. The van der Waals surface area contributed by atoms with Crippen LogP contribution in [0.1, 0.15) is 19.5 Å². The van der Waals surface area contributed by atoms with Crippen LogP contribution in [0.3, 0.4) is 0 Å². The van der Waals surface area contributed by atoms with Gasteiger partial charge in [0.25, 0.3) is 0 Å². The first-order valence-corrected chi connectivity index (χ1v) is 5.07. The zero-order chi connectivity index (χ0) is 9.68. The molecule has 0 saturated carbocycles. The molecule has 0 aromatic carbocycles. The third-order valence-electron chi connectivity index (χ3n) is 1.29. The summed E-state index contributed by atoms with van der Waals surface area (Å²) in [6, 6.07) is 3.60. The molecule has 0 saturated heterocycles. The maximum atomic E-state index is 8.59. The highest BCUT2D eigenvalue weighted by molar-refractivity contribution is 7.99. The molecule has 13 heavy (non-hydrogen) atoms. The van der Waals surface area contributed by atoms with Gasteiger partial charge < -0.3 is 0 Å².